The monoisotopic (exact) mass is 220 g/mol. The molecule has 0 bridgehead atoms. The van der Waals surface area contributed by atoms with E-state index in [1.807, 2.05) is 0 Å². The van der Waals surface area contributed by atoms with E-state index in [9.17, 15) is 0 Å². The van der Waals surface area contributed by atoms with Gasteiger partial charge in [-0.3, -0.25) is 4.90 Å². The fourth-order valence-corrected chi connectivity index (χ4v) is 3.21. The lowest BCUT2D eigenvalue weighted by Gasteiger charge is -2.34. The Balaban J connectivity index is 1.87. The van der Waals surface area contributed by atoms with Crippen LogP contribution in [0.25, 0.3) is 0 Å². The Morgan fingerprint density at radius 3 is 3.00 bits per heavy atom. The molecule has 2 nitrogen and oxygen atoms in total. The first-order valence-corrected chi connectivity index (χ1v) is 6.78. The lowest BCUT2D eigenvalue weighted by atomic mass is 9.97. The van der Waals surface area contributed by atoms with Crippen molar-refractivity contribution in [1.29, 1.82) is 0 Å². The summed E-state index contributed by atoms with van der Waals surface area (Å²) in [6.45, 7) is 4.83. The maximum Gasteiger partial charge on any atom is 0.0249 e. The van der Waals surface area contributed by atoms with E-state index in [-0.39, 0.29) is 0 Å². The van der Waals surface area contributed by atoms with Gasteiger partial charge in [-0.25, -0.2) is 0 Å². The number of hydrogen-bond acceptors (Lipinski definition) is 2. The average Bonchev–Trinajstić information content (AvgIpc) is 2.72. The normalized spacial score (nSPS) is 32.0. The van der Waals surface area contributed by atoms with Gasteiger partial charge >= 0.3 is 0 Å². The van der Waals surface area contributed by atoms with Gasteiger partial charge in [0.2, 0.25) is 0 Å². The van der Waals surface area contributed by atoms with Gasteiger partial charge in [0.25, 0.3) is 0 Å². The lowest BCUT2D eigenvalue weighted by molar-refractivity contribution is 0.176. The molecule has 2 heteroatoms. The van der Waals surface area contributed by atoms with Gasteiger partial charge in [0.1, 0.15) is 0 Å². The van der Waals surface area contributed by atoms with Gasteiger partial charge in [0.05, 0.1) is 0 Å². The molecular weight excluding hydrogens is 196 g/mol. The Labute approximate surface area is 99.8 Å². The highest BCUT2D eigenvalue weighted by atomic mass is 15.2. The van der Waals surface area contributed by atoms with Crippen molar-refractivity contribution >= 4 is 0 Å². The van der Waals surface area contributed by atoms with Crippen LogP contribution in [0.1, 0.15) is 45.4 Å². The Kier molecular flexibility index (Phi) is 4.26. The third-order valence-corrected chi connectivity index (χ3v) is 4.16. The minimum atomic E-state index is 0.525. The van der Waals surface area contributed by atoms with Crippen LogP contribution >= 0.6 is 0 Å². The molecule has 0 aromatic rings. The van der Waals surface area contributed by atoms with Gasteiger partial charge < -0.3 is 5.32 Å². The van der Waals surface area contributed by atoms with Crippen LogP contribution < -0.4 is 5.32 Å². The van der Waals surface area contributed by atoms with Gasteiger partial charge in [0.15, 0.2) is 0 Å². The number of terminal acetylenes is 1. The van der Waals surface area contributed by atoms with Crippen molar-refractivity contribution in [3.05, 3.63) is 0 Å². The van der Waals surface area contributed by atoms with Crippen molar-refractivity contribution in [3.63, 3.8) is 0 Å². The van der Waals surface area contributed by atoms with Crippen molar-refractivity contribution < 1.29 is 0 Å². The van der Waals surface area contributed by atoms with Gasteiger partial charge in [-0.1, -0.05) is 13.3 Å². The molecule has 0 amide bonds. The standard InChI is InChI=1S/C14H24N2/c1-3-7-12(4-2)15-13-9-11-16-10-6-5-8-14(13)16/h1,12-15H,4-11H2,2H3. The predicted molar refractivity (Wildman–Crippen MR) is 68.3 cm³/mol. The van der Waals surface area contributed by atoms with Crippen molar-refractivity contribution in [2.45, 2.75) is 63.6 Å². The fraction of sp³-hybridized carbons (Fsp3) is 0.857. The second-order valence-electron chi connectivity index (χ2n) is 5.17. The highest BCUT2D eigenvalue weighted by Gasteiger charge is 2.35. The number of nitrogens with zero attached hydrogens (tertiary/aromatic N) is 1. The highest BCUT2D eigenvalue weighted by molar-refractivity contribution is 4.97. The summed E-state index contributed by atoms with van der Waals surface area (Å²) in [6, 6.07) is 2.01. The van der Waals surface area contributed by atoms with Crippen molar-refractivity contribution in [2.24, 2.45) is 0 Å². The molecule has 0 saturated carbocycles. The SMILES string of the molecule is C#CCC(CC)NC1CCN2CCCCC12. The van der Waals surface area contributed by atoms with E-state index in [4.69, 9.17) is 6.42 Å². The summed E-state index contributed by atoms with van der Waals surface area (Å²) < 4.78 is 0. The number of fused-ring (bicyclic) bond motifs is 1. The molecule has 0 radical (unpaired) electrons. The smallest absolute Gasteiger partial charge is 0.0249 e. The number of rotatable bonds is 4. The molecule has 90 valence electrons. The summed E-state index contributed by atoms with van der Waals surface area (Å²) in [5.41, 5.74) is 0. The average molecular weight is 220 g/mol. The molecule has 2 fully saturated rings. The zero-order valence-electron chi connectivity index (χ0n) is 10.4. The van der Waals surface area contributed by atoms with Gasteiger partial charge in [-0.05, 0) is 32.2 Å². The number of nitrogens with one attached hydrogen (secondary N) is 1. The minimum Gasteiger partial charge on any atom is -0.309 e. The molecule has 3 atom stereocenters. The lowest BCUT2D eigenvalue weighted by Crippen LogP contribution is -2.48. The van der Waals surface area contributed by atoms with Gasteiger partial charge in [0, 0.05) is 31.1 Å². The molecule has 2 aliphatic heterocycles. The summed E-state index contributed by atoms with van der Waals surface area (Å²) in [5.74, 6) is 2.79. The van der Waals surface area contributed by atoms with Crippen LogP contribution in [-0.2, 0) is 0 Å². The largest absolute Gasteiger partial charge is 0.309 e. The first-order valence-electron chi connectivity index (χ1n) is 6.78. The first kappa shape index (κ1) is 12.0. The van der Waals surface area contributed by atoms with Gasteiger partial charge in [-0.15, -0.1) is 12.3 Å². The molecule has 2 saturated heterocycles. The summed E-state index contributed by atoms with van der Waals surface area (Å²) >= 11 is 0. The molecule has 2 aliphatic rings. The second kappa shape index (κ2) is 5.70. The summed E-state index contributed by atoms with van der Waals surface area (Å²) in [7, 11) is 0. The van der Waals surface area contributed by atoms with Crippen LogP contribution in [0.2, 0.25) is 0 Å². The zero-order valence-corrected chi connectivity index (χ0v) is 10.4. The summed E-state index contributed by atoms with van der Waals surface area (Å²) in [5, 5.41) is 3.78. The molecule has 1 N–H and O–H groups in total. The van der Waals surface area contributed by atoms with E-state index < -0.39 is 0 Å². The van der Waals surface area contributed by atoms with Crippen LogP contribution in [0.5, 0.6) is 0 Å². The maximum absolute atomic E-state index is 5.41. The third-order valence-electron chi connectivity index (χ3n) is 4.16. The van der Waals surface area contributed by atoms with Crippen LogP contribution in [0.15, 0.2) is 0 Å². The Bertz CT molecular complexity index is 256. The minimum absolute atomic E-state index is 0.525. The van der Waals surface area contributed by atoms with Crippen LogP contribution in [0, 0.1) is 12.3 Å². The first-order chi connectivity index (χ1) is 7.85. The topological polar surface area (TPSA) is 15.3 Å². The Morgan fingerprint density at radius 2 is 2.25 bits per heavy atom. The van der Waals surface area contributed by atoms with Crippen molar-refractivity contribution in [3.8, 4) is 12.3 Å². The van der Waals surface area contributed by atoms with Crippen molar-refractivity contribution in [1.82, 2.24) is 10.2 Å². The molecule has 0 aromatic heterocycles. The van der Waals surface area contributed by atoms with Crippen molar-refractivity contribution in [2.75, 3.05) is 13.1 Å². The van der Waals surface area contributed by atoms with E-state index in [0.717, 1.165) is 18.9 Å². The molecule has 0 aliphatic carbocycles. The Morgan fingerprint density at radius 1 is 1.38 bits per heavy atom. The van der Waals surface area contributed by atoms with Crippen LogP contribution in [0.4, 0.5) is 0 Å². The van der Waals surface area contributed by atoms with Gasteiger partial charge in [-0.2, -0.15) is 0 Å². The van der Waals surface area contributed by atoms with Crippen LogP contribution in [-0.4, -0.2) is 36.1 Å². The zero-order chi connectivity index (χ0) is 11.4. The molecule has 0 spiro atoms. The molecule has 3 unspecified atom stereocenters. The number of piperidine rings is 1. The second-order valence-corrected chi connectivity index (χ2v) is 5.17. The van der Waals surface area contributed by atoms with E-state index in [1.165, 1.54) is 38.8 Å². The molecule has 0 aromatic carbocycles. The molecular formula is C14H24N2. The highest BCUT2D eigenvalue weighted by Crippen LogP contribution is 2.27. The predicted octanol–water partition coefficient (Wildman–Crippen LogP) is 2.00. The third kappa shape index (κ3) is 2.59. The molecule has 2 rings (SSSR count). The Hall–Kier alpha value is -0.520. The van der Waals surface area contributed by atoms with E-state index in [1.54, 1.807) is 0 Å². The fourth-order valence-electron chi connectivity index (χ4n) is 3.21. The summed E-state index contributed by atoms with van der Waals surface area (Å²) in [4.78, 5) is 2.67. The number of hydrogen-bond donors (Lipinski definition) is 1. The maximum atomic E-state index is 5.41. The molecule has 16 heavy (non-hydrogen) atoms. The molecule has 2 heterocycles. The quantitative estimate of drug-likeness (QED) is 0.729. The van der Waals surface area contributed by atoms with E-state index in [2.05, 4.69) is 23.1 Å². The van der Waals surface area contributed by atoms with Crippen LogP contribution in [0.3, 0.4) is 0 Å². The summed E-state index contributed by atoms with van der Waals surface area (Å²) in [6.07, 6.45) is 12.9. The van der Waals surface area contributed by atoms with E-state index in [0.29, 0.717) is 12.1 Å². The van der Waals surface area contributed by atoms with E-state index >= 15 is 0 Å².